The molecule has 12 nitrogen and oxygen atoms in total. The van der Waals surface area contributed by atoms with Gasteiger partial charge in [-0.3, -0.25) is 29.8 Å². The monoisotopic (exact) mass is 814 g/mol. The molecule has 57 heavy (non-hydrogen) atoms. The van der Waals surface area contributed by atoms with E-state index in [1.165, 1.54) is 64.4 Å². The molecule has 0 radical (unpaired) electrons. The fourth-order valence-electron chi connectivity index (χ4n) is 5.28. The first-order valence-corrected chi connectivity index (χ1v) is 19.0. The van der Waals surface area contributed by atoms with Gasteiger partial charge in [0.25, 0.3) is 22.5 Å². The van der Waals surface area contributed by atoms with E-state index < -0.39 is 15.1 Å². The first-order valence-electron chi connectivity index (χ1n) is 17.0. The quantitative estimate of drug-likeness (QED) is 0.0683. The van der Waals surface area contributed by atoms with E-state index in [2.05, 4.69) is 53.4 Å². The SMILES string of the molecule is Cc1ccc2nc(-c3ccc(N)cc3)sc2c1.Cc1ccc2nc(-c3ccc(NC(=O)c4ccc([N+](=O)[O-])cc4)cc3)sc2c1.O=C(Cl)c1ccc([N+](=O)[O-])cc1. The summed E-state index contributed by atoms with van der Waals surface area (Å²) in [6.07, 6.45) is 0. The van der Waals surface area contributed by atoms with Crippen LogP contribution in [-0.4, -0.2) is 31.0 Å². The minimum atomic E-state index is -0.620. The summed E-state index contributed by atoms with van der Waals surface area (Å²) in [5.41, 5.74) is 14.2. The number of halogens is 1. The number of carbonyl (C=O) groups excluding carboxylic acids is 2. The van der Waals surface area contributed by atoms with Gasteiger partial charge in [0.1, 0.15) is 10.0 Å². The Morgan fingerprint density at radius 2 is 1.04 bits per heavy atom. The maximum Gasteiger partial charge on any atom is 0.269 e. The molecule has 1 amide bonds. The average Bonchev–Trinajstić information content (AvgIpc) is 3.83. The summed E-state index contributed by atoms with van der Waals surface area (Å²) in [5.74, 6) is -0.321. The van der Waals surface area contributed by atoms with Crippen LogP contribution < -0.4 is 11.1 Å². The van der Waals surface area contributed by atoms with Crippen LogP contribution in [-0.2, 0) is 0 Å². The van der Waals surface area contributed by atoms with Gasteiger partial charge in [-0.15, -0.1) is 22.7 Å². The number of thiazole rings is 2. The number of hydrogen-bond acceptors (Lipinski definition) is 11. The van der Waals surface area contributed by atoms with Crippen LogP contribution in [0.4, 0.5) is 22.7 Å². The van der Waals surface area contributed by atoms with Crippen molar-refractivity contribution in [2.75, 3.05) is 11.1 Å². The number of nitrogens with one attached hydrogen (secondary N) is 1. The molecule has 0 saturated heterocycles. The van der Waals surface area contributed by atoms with Gasteiger partial charge in [-0.2, -0.15) is 0 Å². The zero-order chi connectivity index (χ0) is 40.6. The summed E-state index contributed by atoms with van der Waals surface area (Å²) < 4.78 is 2.38. The molecule has 0 aliphatic rings. The Morgan fingerprint density at radius 3 is 1.46 bits per heavy atom. The number of hydrogen-bond donors (Lipinski definition) is 2. The van der Waals surface area contributed by atoms with E-state index in [0.717, 1.165) is 42.6 Å². The van der Waals surface area contributed by atoms with Crippen LogP contribution in [0, 0.1) is 34.1 Å². The number of aromatic nitrogens is 2. The minimum Gasteiger partial charge on any atom is -0.399 e. The topological polar surface area (TPSA) is 184 Å². The van der Waals surface area contributed by atoms with Gasteiger partial charge < -0.3 is 11.1 Å². The summed E-state index contributed by atoms with van der Waals surface area (Å²) in [5, 5.41) is 25.0. The minimum absolute atomic E-state index is 0.0491. The van der Waals surface area contributed by atoms with Gasteiger partial charge in [-0.1, -0.05) is 12.1 Å². The second kappa shape index (κ2) is 17.7. The standard InChI is InChI=1S/C21H15N3O3S.C14H12N2S.C7H4ClNO3/c1-13-2-11-18-19(12-13)28-21(23-18)15-3-7-16(8-4-15)22-20(25)14-5-9-17(10-6-14)24(26)27;1-9-2-7-12-13(8-9)17-14(16-12)10-3-5-11(15)6-4-10;8-7(10)5-1-3-6(4-2-5)9(11)12/h2-12H,1H3,(H,22,25);2-8H,15H2,1H3;1-4H. The summed E-state index contributed by atoms with van der Waals surface area (Å²) in [6.45, 7) is 4.16. The van der Waals surface area contributed by atoms with Crippen LogP contribution in [0.15, 0.2) is 133 Å². The van der Waals surface area contributed by atoms with Gasteiger partial charge in [0.15, 0.2) is 0 Å². The first kappa shape index (κ1) is 39.8. The van der Waals surface area contributed by atoms with Crippen LogP contribution in [0.5, 0.6) is 0 Å². The van der Waals surface area contributed by atoms with Gasteiger partial charge in [0, 0.05) is 57.9 Å². The Balaban J connectivity index is 0.000000160. The highest BCUT2D eigenvalue weighted by Gasteiger charge is 2.12. The third-order valence-electron chi connectivity index (χ3n) is 8.28. The number of fused-ring (bicyclic) bond motifs is 2. The molecule has 0 saturated carbocycles. The molecule has 2 aromatic heterocycles. The lowest BCUT2D eigenvalue weighted by atomic mass is 10.1. The first-order chi connectivity index (χ1) is 27.3. The van der Waals surface area contributed by atoms with E-state index in [1.807, 2.05) is 60.7 Å². The fourth-order valence-corrected chi connectivity index (χ4v) is 7.55. The maximum atomic E-state index is 12.3. The Labute approximate surface area is 338 Å². The smallest absolute Gasteiger partial charge is 0.269 e. The van der Waals surface area contributed by atoms with Crippen LogP contribution in [0.3, 0.4) is 0 Å². The van der Waals surface area contributed by atoms with E-state index in [-0.39, 0.29) is 22.8 Å². The Kier molecular flexibility index (Phi) is 12.4. The maximum absolute atomic E-state index is 12.3. The lowest BCUT2D eigenvalue weighted by Gasteiger charge is -2.06. The van der Waals surface area contributed by atoms with Gasteiger partial charge >= 0.3 is 0 Å². The van der Waals surface area contributed by atoms with Crippen LogP contribution in [0.25, 0.3) is 41.6 Å². The number of nitrogens with zero attached hydrogens (tertiary/aromatic N) is 4. The highest BCUT2D eigenvalue weighted by molar-refractivity contribution is 7.22. The van der Waals surface area contributed by atoms with Crippen molar-refractivity contribution in [1.29, 1.82) is 0 Å². The molecule has 0 aliphatic carbocycles. The Hall–Kier alpha value is -6.87. The van der Waals surface area contributed by atoms with Gasteiger partial charge in [-0.05, 0) is 134 Å². The molecule has 3 N–H and O–H groups in total. The molecule has 0 bridgehead atoms. The molecule has 0 atom stereocenters. The van der Waals surface area contributed by atoms with Crippen LogP contribution >= 0.6 is 34.3 Å². The number of rotatable bonds is 7. The number of aryl methyl sites for hydroxylation is 2. The summed E-state index contributed by atoms with van der Waals surface area (Å²) in [7, 11) is 0. The van der Waals surface area contributed by atoms with Crippen LogP contribution in [0.1, 0.15) is 31.8 Å². The van der Waals surface area contributed by atoms with Crippen molar-refractivity contribution in [2.24, 2.45) is 0 Å². The highest BCUT2D eigenvalue weighted by atomic mass is 35.5. The number of nitrogen functional groups attached to an aromatic ring is 1. The molecule has 8 aromatic rings. The van der Waals surface area contributed by atoms with Crippen LogP contribution in [0.2, 0.25) is 0 Å². The molecule has 0 fully saturated rings. The van der Waals surface area contributed by atoms with Crippen molar-refractivity contribution in [2.45, 2.75) is 13.8 Å². The zero-order valence-corrected chi connectivity index (χ0v) is 32.6. The number of amides is 1. The Morgan fingerprint density at radius 1 is 0.614 bits per heavy atom. The van der Waals surface area contributed by atoms with Gasteiger partial charge in [0.2, 0.25) is 0 Å². The van der Waals surface area contributed by atoms with Crippen molar-refractivity contribution in [3.8, 4) is 21.1 Å². The van der Waals surface area contributed by atoms with Gasteiger partial charge in [0.05, 0.1) is 30.3 Å². The van der Waals surface area contributed by atoms with E-state index in [0.29, 0.717) is 11.3 Å². The largest absolute Gasteiger partial charge is 0.399 e. The highest BCUT2D eigenvalue weighted by Crippen LogP contribution is 2.32. The second-order valence-electron chi connectivity index (χ2n) is 12.5. The van der Waals surface area contributed by atoms with Crippen molar-refractivity contribution < 1.29 is 19.4 Å². The molecule has 6 aromatic carbocycles. The van der Waals surface area contributed by atoms with Crippen molar-refractivity contribution in [3.63, 3.8) is 0 Å². The predicted octanol–water partition coefficient (Wildman–Crippen LogP) is 11.3. The lowest BCUT2D eigenvalue weighted by molar-refractivity contribution is -0.385. The van der Waals surface area contributed by atoms with Crippen molar-refractivity contribution >= 4 is 88.6 Å². The number of nitro groups is 2. The van der Waals surface area contributed by atoms with E-state index >= 15 is 0 Å². The lowest BCUT2D eigenvalue weighted by Crippen LogP contribution is -2.11. The number of nitrogens with two attached hydrogens (primary N) is 1. The average molecular weight is 815 g/mol. The van der Waals surface area contributed by atoms with Crippen molar-refractivity contribution in [3.05, 3.63) is 176 Å². The zero-order valence-electron chi connectivity index (χ0n) is 30.2. The van der Waals surface area contributed by atoms with Gasteiger partial charge in [-0.25, -0.2) is 9.97 Å². The normalized spacial score (nSPS) is 10.5. The second-order valence-corrected chi connectivity index (χ2v) is 14.9. The molecular formula is C42H31ClN6O6S2. The molecular weight excluding hydrogens is 784 g/mol. The Bertz CT molecular complexity index is 2700. The summed E-state index contributed by atoms with van der Waals surface area (Å²) in [6, 6.07) is 38.4. The number of anilines is 2. The third kappa shape index (κ3) is 10.3. The molecule has 8 rings (SSSR count). The number of carbonyl (C=O) groups is 2. The fraction of sp³-hybridized carbons (Fsp3) is 0.0476. The molecule has 284 valence electrons. The number of nitro benzene ring substituents is 2. The molecule has 2 heterocycles. The predicted molar refractivity (Wildman–Crippen MR) is 228 cm³/mol. The van der Waals surface area contributed by atoms with Crippen molar-refractivity contribution in [1.82, 2.24) is 9.97 Å². The van der Waals surface area contributed by atoms with E-state index in [4.69, 9.17) is 17.3 Å². The van der Waals surface area contributed by atoms with E-state index in [1.54, 1.807) is 22.7 Å². The summed E-state index contributed by atoms with van der Waals surface area (Å²) >= 11 is 8.48. The molecule has 0 spiro atoms. The molecule has 15 heteroatoms. The molecule has 0 unspecified atom stereocenters. The number of non-ortho nitro benzene ring substituents is 2. The summed E-state index contributed by atoms with van der Waals surface area (Å²) in [4.78, 5) is 52.0. The molecule has 0 aliphatic heterocycles. The third-order valence-corrected chi connectivity index (χ3v) is 10.6. The number of benzene rings is 6. The van der Waals surface area contributed by atoms with E-state index in [9.17, 15) is 29.8 Å².